The van der Waals surface area contributed by atoms with Gasteiger partial charge in [-0.2, -0.15) is 4.31 Å². The average molecular weight is 463 g/mol. The minimum absolute atomic E-state index is 0.0632. The third-order valence-electron chi connectivity index (χ3n) is 8.31. The number of hydrogen-bond acceptors (Lipinski definition) is 5. The Kier molecular flexibility index (Phi) is 5.43. The van der Waals surface area contributed by atoms with Gasteiger partial charge in [0.25, 0.3) is 5.91 Å². The van der Waals surface area contributed by atoms with Gasteiger partial charge in [0.05, 0.1) is 29.3 Å². The summed E-state index contributed by atoms with van der Waals surface area (Å²) in [5.41, 5.74) is 0.280. The number of sulfonamides is 1. The van der Waals surface area contributed by atoms with Crippen LogP contribution in [-0.4, -0.2) is 61.7 Å². The second kappa shape index (κ2) is 7.79. The molecule has 1 aliphatic heterocycles. The maximum atomic E-state index is 13.4. The van der Waals surface area contributed by atoms with E-state index in [9.17, 15) is 18.3 Å². The molecule has 8 heteroatoms. The molecule has 2 N–H and O–H groups in total. The molecule has 0 radical (unpaired) electrons. The van der Waals surface area contributed by atoms with Gasteiger partial charge in [-0.3, -0.25) is 4.79 Å². The minimum Gasteiger partial charge on any atom is -0.390 e. The molecule has 6 rings (SSSR count). The van der Waals surface area contributed by atoms with Crippen LogP contribution in [0.2, 0.25) is 0 Å². The zero-order valence-electron chi connectivity index (χ0n) is 19.0. The van der Waals surface area contributed by atoms with Gasteiger partial charge in [0.15, 0.2) is 0 Å². The lowest BCUT2D eigenvalue weighted by atomic mass is 9.46. The van der Waals surface area contributed by atoms with E-state index in [-0.39, 0.29) is 40.9 Å². The maximum absolute atomic E-state index is 13.4. The number of ether oxygens (including phenoxy) is 1. The van der Waals surface area contributed by atoms with Gasteiger partial charge in [0.2, 0.25) is 10.0 Å². The van der Waals surface area contributed by atoms with Gasteiger partial charge in [-0.25, -0.2) is 8.42 Å². The highest BCUT2D eigenvalue weighted by Crippen LogP contribution is 2.62. The van der Waals surface area contributed by atoms with E-state index in [0.29, 0.717) is 25.0 Å². The zero-order valence-corrected chi connectivity index (χ0v) is 19.8. The predicted octanol–water partition coefficient (Wildman–Crippen LogP) is 2.47. The Hall–Kier alpha value is -1.48. The van der Waals surface area contributed by atoms with Gasteiger partial charge in [0, 0.05) is 19.1 Å². The highest BCUT2D eigenvalue weighted by Gasteiger charge is 2.59. The zero-order chi connectivity index (χ0) is 22.7. The first-order valence-electron chi connectivity index (χ1n) is 11.8. The van der Waals surface area contributed by atoms with Crippen LogP contribution in [-0.2, 0) is 14.8 Å². The van der Waals surface area contributed by atoms with E-state index >= 15 is 0 Å². The smallest absolute Gasteiger partial charge is 0.252 e. The van der Waals surface area contributed by atoms with Crippen LogP contribution < -0.4 is 5.32 Å². The molecule has 1 amide bonds. The summed E-state index contributed by atoms with van der Waals surface area (Å²) in [7, 11) is -3.80. The summed E-state index contributed by atoms with van der Waals surface area (Å²) < 4.78 is 33.5. The molecule has 32 heavy (non-hydrogen) atoms. The van der Waals surface area contributed by atoms with Crippen molar-refractivity contribution >= 4 is 15.9 Å². The van der Waals surface area contributed by atoms with Gasteiger partial charge >= 0.3 is 0 Å². The largest absolute Gasteiger partial charge is 0.390 e. The minimum atomic E-state index is -3.80. The lowest BCUT2D eigenvalue weighted by Crippen LogP contribution is -2.61. The fourth-order valence-electron chi connectivity index (χ4n) is 7.18. The number of morpholine rings is 1. The van der Waals surface area contributed by atoms with Gasteiger partial charge in [-0.1, -0.05) is 6.07 Å². The van der Waals surface area contributed by atoms with E-state index in [1.165, 1.54) is 10.7 Å². The summed E-state index contributed by atoms with van der Waals surface area (Å²) in [4.78, 5) is 13.5. The molecule has 1 heterocycles. The van der Waals surface area contributed by atoms with Gasteiger partial charge < -0.3 is 15.2 Å². The molecule has 0 aromatic heterocycles. The normalized spacial score (nSPS) is 35.6. The number of nitrogens with one attached hydrogen (secondary N) is 1. The van der Waals surface area contributed by atoms with Crippen LogP contribution in [0, 0.1) is 24.2 Å². The van der Waals surface area contributed by atoms with Gasteiger partial charge in [0.1, 0.15) is 0 Å². The van der Waals surface area contributed by atoms with Crippen LogP contribution in [0.25, 0.3) is 0 Å². The molecule has 5 aliphatic rings. The molecule has 4 bridgehead atoms. The van der Waals surface area contributed by atoms with Crippen LogP contribution in [0.3, 0.4) is 0 Å². The second-order valence-electron chi connectivity index (χ2n) is 10.8. The Balaban J connectivity index is 1.41. The number of nitrogens with zero attached hydrogens (tertiary/aromatic N) is 1. The van der Waals surface area contributed by atoms with E-state index in [2.05, 4.69) is 5.32 Å². The monoisotopic (exact) mass is 462 g/mol. The number of aliphatic hydroxyl groups is 1. The van der Waals surface area contributed by atoms with Crippen molar-refractivity contribution < 1.29 is 23.1 Å². The molecular formula is C24H34N2O5S. The summed E-state index contributed by atoms with van der Waals surface area (Å²) in [6, 6.07) is 4.87. The standard InChI is InChI=1S/C24H34N2O5S/c1-16-3-4-20(21(9-16)32(29,30)26-5-7-31-8-6-26)22(27)25-17(2)23-11-18-10-19(12-23)14-24(28,13-18)15-23/h3-4,9,17-19,28H,5-8,10-15H2,1-2H3,(H,25,27). The SMILES string of the molecule is Cc1ccc(C(=O)NC(C)C23CC4CC(CC(O)(C4)C2)C3)c(S(=O)(=O)N2CCOCC2)c1. The lowest BCUT2D eigenvalue weighted by Gasteiger charge is -2.62. The van der Waals surface area contributed by atoms with E-state index < -0.39 is 15.6 Å². The van der Waals surface area contributed by atoms with Crippen molar-refractivity contribution in [1.82, 2.24) is 9.62 Å². The molecule has 4 aliphatic carbocycles. The summed E-state index contributed by atoms with van der Waals surface area (Å²) in [6.07, 6.45) is 5.73. The molecule has 5 fully saturated rings. The van der Waals surface area contributed by atoms with Crippen molar-refractivity contribution in [2.75, 3.05) is 26.3 Å². The van der Waals surface area contributed by atoms with E-state index in [0.717, 1.165) is 37.7 Å². The van der Waals surface area contributed by atoms with Gasteiger partial charge in [-0.15, -0.1) is 0 Å². The molecule has 3 atom stereocenters. The Morgan fingerprint density at radius 3 is 2.47 bits per heavy atom. The molecule has 1 aromatic carbocycles. The molecule has 0 spiro atoms. The molecule has 1 aromatic rings. The first-order chi connectivity index (χ1) is 15.1. The first kappa shape index (κ1) is 22.3. The van der Waals surface area contributed by atoms with E-state index in [4.69, 9.17) is 4.74 Å². The van der Waals surface area contributed by atoms with Crippen LogP contribution >= 0.6 is 0 Å². The van der Waals surface area contributed by atoms with E-state index in [1.54, 1.807) is 18.2 Å². The first-order valence-corrected chi connectivity index (χ1v) is 13.3. The summed E-state index contributed by atoms with van der Waals surface area (Å²) in [5.74, 6) is 0.696. The van der Waals surface area contributed by atoms with Crippen LogP contribution in [0.5, 0.6) is 0 Å². The number of carbonyl (C=O) groups is 1. The quantitative estimate of drug-likeness (QED) is 0.701. The summed E-state index contributed by atoms with van der Waals surface area (Å²) >= 11 is 0. The van der Waals surface area contributed by atoms with E-state index in [1.807, 2.05) is 13.8 Å². The highest BCUT2D eigenvalue weighted by atomic mass is 32.2. The van der Waals surface area contributed by atoms with Crippen LogP contribution in [0.4, 0.5) is 0 Å². The molecule has 7 nitrogen and oxygen atoms in total. The third kappa shape index (κ3) is 3.79. The molecule has 3 unspecified atom stereocenters. The van der Waals surface area contributed by atoms with Crippen LogP contribution in [0.15, 0.2) is 23.1 Å². The molecule has 1 saturated heterocycles. The summed E-state index contributed by atoms with van der Waals surface area (Å²) in [5, 5.41) is 14.2. The molecule has 4 saturated carbocycles. The fraction of sp³-hybridized carbons (Fsp3) is 0.708. The molecule has 176 valence electrons. The van der Waals surface area contributed by atoms with Gasteiger partial charge in [-0.05, 0) is 87.3 Å². The van der Waals surface area contributed by atoms with Crippen molar-refractivity contribution in [1.29, 1.82) is 0 Å². The predicted molar refractivity (Wildman–Crippen MR) is 120 cm³/mol. The summed E-state index contributed by atoms with van der Waals surface area (Å²) in [6.45, 7) is 5.16. The number of hydrogen-bond donors (Lipinski definition) is 2. The molecular weight excluding hydrogens is 428 g/mol. The van der Waals surface area contributed by atoms with Crippen molar-refractivity contribution in [2.24, 2.45) is 17.3 Å². The highest BCUT2D eigenvalue weighted by molar-refractivity contribution is 7.89. The number of aryl methyl sites for hydroxylation is 1. The fourth-order valence-corrected chi connectivity index (χ4v) is 8.86. The number of amides is 1. The number of rotatable bonds is 5. The van der Waals surface area contributed by atoms with Crippen molar-refractivity contribution in [3.63, 3.8) is 0 Å². The maximum Gasteiger partial charge on any atom is 0.252 e. The topological polar surface area (TPSA) is 95.9 Å². The number of benzene rings is 1. The third-order valence-corrected chi connectivity index (χ3v) is 10.2. The van der Waals surface area contributed by atoms with Crippen LogP contribution in [0.1, 0.15) is 61.4 Å². The Bertz CT molecular complexity index is 1000. The average Bonchev–Trinajstić information content (AvgIpc) is 2.72. The Morgan fingerprint density at radius 2 is 1.84 bits per heavy atom. The van der Waals surface area contributed by atoms with Crippen molar-refractivity contribution in [2.45, 2.75) is 68.9 Å². The van der Waals surface area contributed by atoms with Crippen molar-refractivity contribution in [3.05, 3.63) is 29.3 Å². The Morgan fingerprint density at radius 1 is 1.19 bits per heavy atom. The second-order valence-corrected chi connectivity index (χ2v) is 12.7. The van der Waals surface area contributed by atoms with Crippen molar-refractivity contribution in [3.8, 4) is 0 Å². The lowest BCUT2D eigenvalue weighted by molar-refractivity contribution is -0.171. The Labute approximate surface area is 190 Å². The number of carbonyl (C=O) groups excluding carboxylic acids is 1.